The number of rotatable bonds is 4. The summed E-state index contributed by atoms with van der Waals surface area (Å²) in [6.07, 6.45) is 4.86. The first-order chi connectivity index (χ1) is 8.92. The van der Waals surface area contributed by atoms with Crippen molar-refractivity contribution >= 4 is 0 Å². The average molecular weight is 240 g/mol. The largest absolute Gasteiger partial charge is 0.472 e. The van der Waals surface area contributed by atoms with Gasteiger partial charge in [0.25, 0.3) is 5.89 Å². The minimum absolute atomic E-state index is 0.506. The van der Waals surface area contributed by atoms with Gasteiger partial charge in [0.1, 0.15) is 6.26 Å². The molecule has 4 heteroatoms. The lowest BCUT2D eigenvalue weighted by Crippen LogP contribution is -1.93. The van der Waals surface area contributed by atoms with Gasteiger partial charge in [-0.1, -0.05) is 35.5 Å². The molecule has 2 aromatic heterocycles. The molecule has 3 rings (SSSR count). The molecule has 0 spiro atoms. The average Bonchev–Trinajstić information content (AvgIpc) is 3.08. The van der Waals surface area contributed by atoms with Crippen molar-refractivity contribution in [2.24, 2.45) is 0 Å². The van der Waals surface area contributed by atoms with Crippen LogP contribution in [-0.4, -0.2) is 10.1 Å². The molecule has 90 valence electrons. The Kier molecular flexibility index (Phi) is 2.92. The minimum atomic E-state index is 0.506. The molecule has 0 saturated heterocycles. The summed E-state index contributed by atoms with van der Waals surface area (Å²) in [6, 6.07) is 12.1. The van der Waals surface area contributed by atoms with E-state index in [2.05, 4.69) is 22.3 Å². The van der Waals surface area contributed by atoms with E-state index in [1.165, 1.54) is 5.56 Å². The Labute approximate surface area is 104 Å². The van der Waals surface area contributed by atoms with Gasteiger partial charge in [-0.15, -0.1) is 0 Å². The van der Waals surface area contributed by atoms with Crippen LogP contribution in [0.25, 0.3) is 11.5 Å². The highest BCUT2D eigenvalue weighted by atomic mass is 16.5. The Hall–Kier alpha value is -2.36. The van der Waals surface area contributed by atoms with E-state index in [1.807, 2.05) is 18.2 Å². The quantitative estimate of drug-likeness (QED) is 0.703. The van der Waals surface area contributed by atoms with Crippen molar-refractivity contribution in [2.75, 3.05) is 0 Å². The standard InChI is InChI=1S/C14H12N2O2/c1-2-4-11(5-3-1)6-7-13-15-14(18-16-13)12-8-9-17-10-12/h1-5,8-10H,6-7H2. The Morgan fingerprint density at radius 1 is 1.00 bits per heavy atom. The van der Waals surface area contributed by atoms with E-state index in [-0.39, 0.29) is 0 Å². The van der Waals surface area contributed by atoms with Gasteiger partial charge in [0.2, 0.25) is 0 Å². The van der Waals surface area contributed by atoms with E-state index in [0.29, 0.717) is 5.89 Å². The lowest BCUT2D eigenvalue weighted by Gasteiger charge is -1.96. The Balaban J connectivity index is 1.68. The van der Waals surface area contributed by atoms with Crippen LogP contribution in [0.5, 0.6) is 0 Å². The van der Waals surface area contributed by atoms with Crippen LogP contribution >= 0.6 is 0 Å². The molecular weight excluding hydrogens is 228 g/mol. The molecule has 0 saturated carbocycles. The fourth-order valence-corrected chi connectivity index (χ4v) is 1.76. The molecule has 1 aromatic carbocycles. The summed E-state index contributed by atoms with van der Waals surface area (Å²) in [5.41, 5.74) is 2.08. The van der Waals surface area contributed by atoms with Crippen molar-refractivity contribution < 1.29 is 8.94 Å². The smallest absolute Gasteiger partial charge is 0.261 e. The first-order valence-electron chi connectivity index (χ1n) is 5.81. The van der Waals surface area contributed by atoms with E-state index in [1.54, 1.807) is 18.6 Å². The fourth-order valence-electron chi connectivity index (χ4n) is 1.76. The maximum atomic E-state index is 5.18. The van der Waals surface area contributed by atoms with E-state index in [0.717, 1.165) is 24.2 Å². The molecule has 4 nitrogen and oxygen atoms in total. The second-order valence-electron chi connectivity index (χ2n) is 4.01. The molecule has 18 heavy (non-hydrogen) atoms. The van der Waals surface area contributed by atoms with Gasteiger partial charge in [-0.25, -0.2) is 0 Å². The number of aromatic nitrogens is 2. The van der Waals surface area contributed by atoms with Gasteiger partial charge >= 0.3 is 0 Å². The molecular formula is C14H12N2O2. The highest BCUT2D eigenvalue weighted by Gasteiger charge is 2.09. The highest BCUT2D eigenvalue weighted by Crippen LogP contribution is 2.17. The molecule has 0 N–H and O–H groups in total. The minimum Gasteiger partial charge on any atom is -0.472 e. The van der Waals surface area contributed by atoms with Crippen molar-refractivity contribution in [1.82, 2.24) is 10.1 Å². The number of hydrogen-bond donors (Lipinski definition) is 0. The van der Waals surface area contributed by atoms with Crippen LogP contribution in [0.2, 0.25) is 0 Å². The third kappa shape index (κ3) is 2.32. The Morgan fingerprint density at radius 3 is 2.67 bits per heavy atom. The van der Waals surface area contributed by atoms with Gasteiger partial charge in [0.05, 0.1) is 11.8 Å². The second-order valence-corrected chi connectivity index (χ2v) is 4.01. The zero-order chi connectivity index (χ0) is 12.2. The van der Waals surface area contributed by atoms with Crippen LogP contribution in [0.3, 0.4) is 0 Å². The zero-order valence-corrected chi connectivity index (χ0v) is 9.74. The molecule has 0 atom stereocenters. The molecule has 0 aliphatic heterocycles. The SMILES string of the molecule is c1ccc(CCc2noc(-c3ccoc3)n2)cc1. The molecule has 0 aliphatic carbocycles. The van der Waals surface area contributed by atoms with Crippen LogP contribution in [0.1, 0.15) is 11.4 Å². The Morgan fingerprint density at radius 2 is 1.89 bits per heavy atom. The van der Waals surface area contributed by atoms with Gasteiger partial charge in [-0.05, 0) is 18.1 Å². The summed E-state index contributed by atoms with van der Waals surface area (Å²) >= 11 is 0. The summed E-state index contributed by atoms with van der Waals surface area (Å²) in [6.45, 7) is 0. The number of hydrogen-bond acceptors (Lipinski definition) is 4. The molecule has 0 unspecified atom stereocenters. The van der Waals surface area contributed by atoms with E-state index >= 15 is 0 Å². The van der Waals surface area contributed by atoms with Crippen LogP contribution in [0, 0.1) is 0 Å². The first kappa shape index (κ1) is 10.8. The summed E-state index contributed by atoms with van der Waals surface area (Å²) in [4.78, 5) is 4.33. The molecule has 0 bridgehead atoms. The van der Waals surface area contributed by atoms with E-state index in [4.69, 9.17) is 8.94 Å². The van der Waals surface area contributed by atoms with Crippen molar-refractivity contribution in [3.05, 3.63) is 60.3 Å². The topological polar surface area (TPSA) is 52.1 Å². The highest BCUT2D eigenvalue weighted by molar-refractivity contribution is 5.49. The van der Waals surface area contributed by atoms with Gasteiger partial charge in [0, 0.05) is 6.42 Å². The Bertz CT molecular complexity index is 600. The predicted molar refractivity (Wildman–Crippen MR) is 65.9 cm³/mol. The number of aryl methyl sites for hydroxylation is 2. The number of furan rings is 1. The van der Waals surface area contributed by atoms with Crippen molar-refractivity contribution in [3.63, 3.8) is 0 Å². The maximum absolute atomic E-state index is 5.18. The molecule has 0 amide bonds. The molecule has 0 aliphatic rings. The second kappa shape index (κ2) is 4.87. The molecule has 0 radical (unpaired) electrons. The lowest BCUT2D eigenvalue weighted by atomic mass is 10.1. The zero-order valence-electron chi connectivity index (χ0n) is 9.74. The fraction of sp³-hybridized carbons (Fsp3) is 0.143. The van der Waals surface area contributed by atoms with Gasteiger partial charge in [-0.3, -0.25) is 0 Å². The summed E-state index contributed by atoms with van der Waals surface area (Å²) in [5, 5.41) is 3.96. The molecule has 0 fully saturated rings. The monoisotopic (exact) mass is 240 g/mol. The van der Waals surface area contributed by atoms with Crippen LogP contribution in [0.15, 0.2) is 57.9 Å². The molecule has 3 aromatic rings. The van der Waals surface area contributed by atoms with Gasteiger partial charge in [0.15, 0.2) is 5.82 Å². The van der Waals surface area contributed by atoms with Crippen LogP contribution in [0.4, 0.5) is 0 Å². The summed E-state index contributed by atoms with van der Waals surface area (Å²) < 4.78 is 10.2. The first-order valence-corrected chi connectivity index (χ1v) is 5.81. The van der Waals surface area contributed by atoms with E-state index < -0.39 is 0 Å². The van der Waals surface area contributed by atoms with Crippen LogP contribution in [-0.2, 0) is 12.8 Å². The van der Waals surface area contributed by atoms with Crippen molar-refractivity contribution in [2.45, 2.75) is 12.8 Å². The van der Waals surface area contributed by atoms with E-state index in [9.17, 15) is 0 Å². The third-order valence-electron chi connectivity index (χ3n) is 2.72. The van der Waals surface area contributed by atoms with Crippen molar-refractivity contribution in [1.29, 1.82) is 0 Å². The third-order valence-corrected chi connectivity index (χ3v) is 2.72. The maximum Gasteiger partial charge on any atom is 0.261 e. The normalized spacial score (nSPS) is 10.7. The summed E-state index contributed by atoms with van der Waals surface area (Å²) in [7, 11) is 0. The van der Waals surface area contributed by atoms with Gasteiger partial charge in [-0.2, -0.15) is 4.98 Å². The lowest BCUT2D eigenvalue weighted by molar-refractivity contribution is 0.421. The van der Waals surface area contributed by atoms with Gasteiger partial charge < -0.3 is 8.94 Å². The molecule has 2 heterocycles. The van der Waals surface area contributed by atoms with Crippen molar-refractivity contribution in [3.8, 4) is 11.5 Å². The summed E-state index contributed by atoms with van der Waals surface area (Å²) in [5.74, 6) is 1.22. The number of nitrogens with zero attached hydrogens (tertiary/aromatic N) is 2. The van der Waals surface area contributed by atoms with Crippen LogP contribution < -0.4 is 0 Å². The predicted octanol–water partition coefficient (Wildman–Crippen LogP) is 3.11. The number of benzene rings is 1.